The molecule has 0 radical (unpaired) electrons. The first-order chi connectivity index (χ1) is 9.13. The van der Waals surface area contributed by atoms with Crippen LogP contribution in [0.5, 0.6) is 0 Å². The molecule has 0 atom stereocenters. The Morgan fingerprint density at radius 3 is 2.37 bits per heavy atom. The number of hydrogen-bond acceptors (Lipinski definition) is 2. The van der Waals surface area contributed by atoms with E-state index in [1.807, 2.05) is 19.1 Å². The molecule has 3 aromatic rings. The van der Waals surface area contributed by atoms with E-state index >= 15 is 0 Å². The van der Waals surface area contributed by atoms with Gasteiger partial charge in [-0.3, -0.25) is 0 Å². The van der Waals surface area contributed by atoms with Gasteiger partial charge in [0.25, 0.3) is 0 Å². The van der Waals surface area contributed by atoms with Crippen molar-refractivity contribution in [2.75, 3.05) is 0 Å². The van der Waals surface area contributed by atoms with Gasteiger partial charge in [-0.15, -0.1) is 0 Å². The molecule has 0 aliphatic rings. The molecule has 0 aliphatic carbocycles. The van der Waals surface area contributed by atoms with Crippen molar-refractivity contribution in [3.8, 4) is 11.3 Å². The molecular formula is C16H13BrN2. The summed E-state index contributed by atoms with van der Waals surface area (Å²) >= 11 is 3.51. The van der Waals surface area contributed by atoms with E-state index in [1.165, 1.54) is 5.56 Å². The minimum atomic E-state index is 0.797. The zero-order valence-corrected chi connectivity index (χ0v) is 12.4. The van der Waals surface area contributed by atoms with Crippen LogP contribution in [-0.4, -0.2) is 9.97 Å². The topological polar surface area (TPSA) is 25.8 Å². The second-order valence-corrected chi connectivity index (χ2v) is 5.56. The summed E-state index contributed by atoms with van der Waals surface area (Å²) in [5.41, 5.74) is 4.34. The molecule has 0 spiro atoms. The highest BCUT2D eigenvalue weighted by Crippen LogP contribution is 2.28. The van der Waals surface area contributed by atoms with Crippen LogP contribution in [-0.2, 0) is 0 Å². The molecule has 0 saturated carbocycles. The van der Waals surface area contributed by atoms with E-state index in [0.29, 0.717) is 0 Å². The molecule has 3 heteroatoms. The van der Waals surface area contributed by atoms with Crippen molar-refractivity contribution >= 4 is 26.8 Å². The summed E-state index contributed by atoms with van der Waals surface area (Å²) in [6.07, 6.45) is 0. The number of halogens is 1. The van der Waals surface area contributed by atoms with Gasteiger partial charge in [-0.1, -0.05) is 45.8 Å². The van der Waals surface area contributed by atoms with Gasteiger partial charge in [0.05, 0.1) is 11.2 Å². The maximum Gasteiger partial charge on any atom is 0.126 e. The van der Waals surface area contributed by atoms with Gasteiger partial charge in [-0.2, -0.15) is 0 Å². The lowest BCUT2D eigenvalue weighted by Gasteiger charge is -2.08. The van der Waals surface area contributed by atoms with Crippen LogP contribution >= 0.6 is 15.9 Å². The average Bonchev–Trinajstić information content (AvgIpc) is 2.39. The van der Waals surface area contributed by atoms with E-state index in [4.69, 9.17) is 0 Å². The van der Waals surface area contributed by atoms with Gasteiger partial charge in [-0.25, -0.2) is 9.97 Å². The van der Waals surface area contributed by atoms with Crippen molar-refractivity contribution < 1.29 is 0 Å². The van der Waals surface area contributed by atoms with Crippen molar-refractivity contribution in [1.29, 1.82) is 0 Å². The molecule has 19 heavy (non-hydrogen) atoms. The van der Waals surface area contributed by atoms with Gasteiger partial charge in [0, 0.05) is 15.4 Å². The van der Waals surface area contributed by atoms with Gasteiger partial charge < -0.3 is 0 Å². The third kappa shape index (κ3) is 2.38. The number of nitrogens with zero attached hydrogens (tertiary/aromatic N) is 2. The molecule has 0 amide bonds. The Labute approximate surface area is 120 Å². The normalized spacial score (nSPS) is 10.9. The summed E-state index contributed by atoms with van der Waals surface area (Å²) in [4.78, 5) is 9.10. The van der Waals surface area contributed by atoms with Crippen LogP contribution in [0.3, 0.4) is 0 Å². The first-order valence-electron chi connectivity index (χ1n) is 6.14. The zero-order valence-electron chi connectivity index (χ0n) is 10.8. The van der Waals surface area contributed by atoms with E-state index in [9.17, 15) is 0 Å². The fourth-order valence-electron chi connectivity index (χ4n) is 2.15. The SMILES string of the molecule is Cc1ccc(-c2nc(C)nc3ccc(Br)cc23)cc1. The summed E-state index contributed by atoms with van der Waals surface area (Å²) in [5, 5.41) is 1.07. The van der Waals surface area contributed by atoms with Crippen LogP contribution in [0.25, 0.3) is 22.2 Å². The molecule has 2 nitrogen and oxygen atoms in total. The van der Waals surface area contributed by atoms with Gasteiger partial charge >= 0.3 is 0 Å². The second-order valence-electron chi connectivity index (χ2n) is 4.65. The number of aromatic nitrogens is 2. The van der Waals surface area contributed by atoms with E-state index in [0.717, 1.165) is 32.5 Å². The quantitative estimate of drug-likeness (QED) is 0.652. The Balaban J connectivity index is 2.32. The minimum Gasteiger partial charge on any atom is -0.233 e. The molecule has 1 aromatic heterocycles. The molecule has 2 aromatic carbocycles. The molecule has 0 saturated heterocycles. The summed E-state index contributed by atoms with van der Waals surface area (Å²) in [7, 11) is 0. The van der Waals surface area contributed by atoms with Crippen molar-refractivity contribution in [3.63, 3.8) is 0 Å². The van der Waals surface area contributed by atoms with E-state index in [-0.39, 0.29) is 0 Å². The highest BCUT2D eigenvalue weighted by molar-refractivity contribution is 9.10. The molecule has 94 valence electrons. The summed E-state index contributed by atoms with van der Waals surface area (Å²) in [6, 6.07) is 14.5. The molecule has 0 aliphatic heterocycles. The van der Waals surface area contributed by atoms with E-state index < -0.39 is 0 Å². The van der Waals surface area contributed by atoms with Gasteiger partial charge in [0.15, 0.2) is 0 Å². The lowest BCUT2D eigenvalue weighted by Crippen LogP contribution is -1.94. The average molecular weight is 313 g/mol. The van der Waals surface area contributed by atoms with Crippen LogP contribution in [0.1, 0.15) is 11.4 Å². The fourth-order valence-corrected chi connectivity index (χ4v) is 2.51. The van der Waals surface area contributed by atoms with Crippen LogP contribution in [0.4, 0.5) is 0 Å². The van der Waals surface area contributed by atoms with Crippen LogP contribution in [0.2, 0.25) is 0 Å². The third-order valence-corrected chi connectivity index (χ3v) is 3.59. The second kappa shape index (κ2) is 4.74. The lowest BCUT2D eigenvalue weighted by atomic mass is 10.1. The number of fused-ring (bicyclic) bond motifs is 1. The number of benzene rings is 2. The van der Waals surface area contributed by atoms with Crippen molar-refractivity contribution in [3.05, 3.63) is 58.3 Å². The number of aryl methyl sites for hydroxylation is 2. The molecular weight excluding hydrogens is 300 g/mol. The Morgan fingerprint density at radius 1 is 0.895 bits per heavy atom. The summed E-state index contributed by atoms with van der Waals surface area (Å²) < 4.78 is 1.04. The Kier molecular flexibility index (Phi) is 3.07. The lowest BCUT2D eigenvalue weighted by molar-refractivity contribution is 1.09. The Morgan fingerprint density at radius 2 is 1.63 bits per heavy atom. The molecule has 0 unspecified atom stereocenters. The zero-order chi connectivity index (χ0) is 13.4. The molecule has 0 bridgehead atoms. The molecule has 0 N–H and O–H groups in total. The monoisotopic (exact) mass is 312 g/mol. The molecule has 1 heterocycles. The van der Waals surface area contributed by atoms with Crippen LogP contribution in [0, 0.1) is 13.8 Å². The predicted octanol–water partition coefficient (Wildman–Crippen LogP) is 4.68. The van der Waals surface area contributed by atoms with Crippen LogP contribution < -0.4 is 0 Å². The Bertz CT molecular complexity index is 749. The predicted molar refractivity (Wildman–Crippen MR) is 82.1 cm³/mol. The molecule has 0 fully saturated rings. The van der Waals surface area contributed by atoms with Gasteiger partial charge in [-0.05, 0) is 32.0 Å². The van der Waals surface area contributed by atoms with E-state index in [2.05, 4.69) is 63.2 Å². The summed E-state index contributed by atoms with van der Waals surface area (Å²) in [6.45, 7) is 4.02. The van der Waals surface area contributed by atoms with Crippen LogP contribution in [0.15, 0.2) is 46.9 Å². The fraction of sp³-hybridized carbons (Fsp3) is 0.125. The maximum absolute atomic E-state index is 4.61. The highest BCUT2D eigenvalue weighted by atomic mass is 79.9. The summed E-state index contributed by atoms with van der Waals surface area (Å²) in [5.74, 6) is 0.797. The van der Waals surface area contributed by atoms with Gasteiger partial charge in [0.1, 0.15) is 5.82 Å². The van der Waals surface area contributed by atoms with Crippen molar-refractivity contribution in [2.24, 2.45) is 0 Å². The van der Waals surface area contributed by atoms with E-state index in [1.54, 1.807) is 0 Å². The maximum atomic E-state index is 4.61. The Hall–Kier alpha value is -1.74. The van der Waals surface area contributed by atoms with Gasteiger partial charge in [0.2, 0.25) is 0 Å². The smallest absolute Gasteiger partial charge is 0.126 e. The highest BCUT2D eigenvalue weighted by Gasteiger charge is 2.08. The third-order valence-electron chi connectivity index (χ3n) is 3.09. The number of rotatable bonds is 1. The standard InChI is InChI=1S/C16H13BrN2/c1-10-3-5-12(6-4-10)16-14-9-13(17)7-8-15(14)18-11(2)19-16/h3-9H,1-2H3. The van der Waals surface area contributed by atoms with Crippen molar-refractivity contribution in [1.82, 2.24) is 9.97 Å². The minimum absolute atomic E-state index is 0.797. The number of hydrogen-bond donors (Lipinski definition) is 0. The largest absolute Gasteiger partial charge is 0.233 e. The first-order valence-corrected chi connectivity index (χ1v) is 6.94. The molecule has 3 rings (SSSR count). The first kappa shape index (κ1) is 12.3. The van der Waals surface area contributed by atoms with Crippen molar-refractivity contribution in [2.45, 2.75) is 13.8 Å².